The van der Waals surface area contributed by atoms with Crippen LogP contribution >= 0.6 is 0 Å². The summed E-state index contributed by atoms with van der Waals surface area (Å²) in [5, 5.41) is 8.66. The minimum Gasteiger partial charge on any atom is -0.479 e. The molecule has 0 spiro atoms. The highest BCUT2D eigenvalue weighted by Crippen LogP contribution is 2.19. The Morgan fingerprint density at radius 3 is 2.76 bits per heavy atom. The Kier molecular flexibility index (Phi) is 4.91. The SMILES string of the molecule is CC(OCC1CCCN(S(C)(=O)=O)C1)C(=O)O. The van der Waals surface area contributed by atoms with E-state index in [0.29, 0.717) is 19.7 Å². The fourth-order valence-electron chi connectivity index (χ4n) is 1.82. The highest BCUT2D eigenvalue weighted by molar-refractivity contribution is 7.88. The molecule has 2 unspecified atom stereocenters. The van der Waals surface area contributed by atoms with Crippen LogP contribution < -0.4 is 0 Å². The predicted molar refractivity (Wildman–Crippen MR) is 62.2 cm³/mol. The van der Waals surface area contributed by atoms with Gasteiger partial charge in [-0.1, -0.05) is 0 Å². The minimum absolute atomic E-state index is 0.0836. The summed E-state index contributed by atoms with van der Waals surface area (Å²) >= 11 is 0. The van der Waals surface area contributed by atoms with Crippen LogP contribution in [0.4, 0.5) is 0 Å². The zero-order chi connectivity index (χ0) is 13.1. The lowest BCUT2D eigenvalue weighted by atomic mass is 10.0. The van der Waals surface area contributed by atoms with E-state index >= 15 is 0 Å². The number of rotatable bonds is 5. The summed E-state index contributed by atoms with van der Waals surface area (Å²) in [7, 11) is -3.15. The summed E-state index contributed by atoms with van der Waals surface area (Å²) in [4.78, 5) is 10.6. The lowest BCUT2D eigenvalue weighted by Gasteiger charge is -2.31. The molecule has 1 fully saturated rings. The topological polar surface area (TPSA) is 83.9 Å². The first-order valence-electron chi connectivity index (χ1n) is 5.60. The zero-order valence-electron chi connectivity index (χ0n) is 10.1. The number of carboxylic acid groups (broad SMARTS) is 1. The molecule has 0 aromatic rings. The molecule has 1 aliphatic heterocycles. The molecular weight excluding hydrogens is 246 g/mol. The molecular formula is C10H19NO5S. The van der Waals surface area contributed by atoms with Gasteiger partial charge in [0.1, 0.15) is 0 Å². The number of sulfonamides is 1. The van der Waals surface area contributed by atoms with Crippen LogP contribution in [0.1, 0.15) is 19.8 Å². The third-order valence-corrected chi connectivity index (χ3v) is 4.15. The van der Waals surface area contributed by atoms with Crippen LogP contribution in [0.15, 0.2) is 0 Å². The van der Waals surface area contributed by atoms with Crippen molar-refractivity contribution in [1.29, 1.82) is 0 Å². The van der Waals surface area contributed by atoms with Crippen molar-refractivity contribution in [2.75, 3.05) is 26.0 Å². The normalized spacial score (nSPS) is 24.5. The Bertz CT molecular complexity index is 367. The van der Waals surface area contributed by atoms with Crippen LogP contribution in [0.25, 0.3) is 0 Å². The number of nitrogens with zero attached hydrogens (tertiary/aromatic N) is 1. The molecule has 0 amide bonds. The molecule has 1 heterocycles. The fraction of sp³-hybridized carbons (Fsp3) is 0.900. The van der Waals surface area contributed by atoms with Crippen molar-refractivity contribution in [2.45, 2.75) is 25.9 Å². The highest BCUT2D eigenvalue weighted by Gasteiger charge is 2.26. The summed E-state index contributed by atoms with van der Waals surface area (Å²) in [6.07, 6.45) is 2.01. The molecule has 1 N–H and O–H groups in total. The number of aliphatic carboxylic acids is 1. The lowest BCUT2D eigenvalue weighted by Crippen LogP contribution is -2.41. The van der Waals surface area contributed by atoms with E-state index in [-0.39, 0.29) is 5.92 Å². The van der Waals surface area contributed by atoms with Crippen molar-refractivity contribution in [1.82, 2.24) is 4.31 Å². The summed E-state index contributed by atoms with van der Waals surface area (Å²) in [6.45, 7) is 2.73. The molecule has 2 atom stereocenters. The monoisotopic (exact) mass is 265 g/mol. The molecule has 1 aliphatic rings. The second-order valence-electron chi connectivity index (χ2n) is 4.44. The lowest BCUT2D eigenvalue weighted by molar-refractivity contribution is -0.150. The number of ether oxygens (including phenoxy) is 1. The zero-order valence-corrected chi connectivity index (χ0v) is 10.9. The van der Waals surface area contributed by atoms with Gasteiger partial charge in [-0.2, -0.15) is 0 Å². The van der Waals surface area contributed by atoms with E-state index in [2.05, 4.69) is 0 Å². The van der Waals surface area contributed by atoms with Gasteiger partial charge in [0.15, 0.2) is 6.10 Å². The molecule has 0 aliphatic carbocycles. The molecule has 0 radical (unpaired) electrons. The number of carboxylic acids is 1. The highest BCUT2D eigenvalue weighted by atomic mass is 32.2. The summed E-state index contributed by atoms with van der Waals surface area (Å²) in [5.74, 6) is -0.916. The quantitative estimate of drug-likeness (QED) is 0.765. The van der Waals surface area contributed by atoms with Gasteiger partial charge in [0.25, 0.3) is 0 Å². The van der Waals surface area contributed by atoms with Crippen molar-refractivity contribution < 1.29 is 23.1 Å². The van der Waals surface area contributed by atoms with Crippen molar-refractivity contribution in [3.8, 4) is 0 Å². The fourth-order valence-corrected chi connectivity index (χ4v) is 2.76. The van der Waals surface area contributed by atoms with Gasteiger partial charge in [-0.05, 0) is 25.7 Å². The molecule has 0 aromatic heterocycles. The van der Waals surface area contributed by atoms with Gasteiger partial charge in [-0.25, -0.2) is 17.5 Å². The van der Waals surface area contributed by atoms with E-state index in [1.165, 1.54) is 17.5 Å². The van der Waals surface area contributed by atoms with Gasteiger partial charge in [0.05, 0.1) is 12.9 Å². The van der Waals surface area contributed by atoms with Crippen LogP contribution in [0.5, 0.6) is 0 Å². The summed E-state index contributed by atoms with van der Waals surface area (Å²) in [5.41, 5.74) is 0. The smallest absolute Gasteiger partial charge is 0.332 e. The van der Waals surface area contributed by atoms with E-state index < -0.39 is 22.1 Å². The molecule has 0 aromatic carbocycles. The van der Waals surface area contributed by atoms with Crippen LogP contribution in [0, 0.1) is 5.92 Å². The minimum atomic E-state index is -3.15. The number of carbonyl (C=O) groups is 1. The maximum atomic E-state index is 11.4. The van der Waals surface area contributed by atoms with Gasteiger partial charge in [0.2, 0.25) is 10.0 Å². The third kappa shape index (κ3) is 4.61. The molecule has 0 saturated carbocycles. The van der Waals surface area contributed by atoms with Crippen molar-refractivity contribution in [3.63, 3.8) is 0 Å². The molecule has 0 bridgehead atoms. The van der Waals surface area contributed by atoms with Gasteiger partial charge < -0.3 is 9.84 Å². The molecule has 1 saturated heterocycles. The first-order chi connectivity index (χ1) is 7.80. The second-order valence-corrected chi connectivity index (χ2v) is 6.43. The molecule has 7 heteroatoms. The van der Waals surface area contributed by atoms with Crippen molar-refractivity contribution in [3.05, 3.63) is 0 Å². The van der Waals surface area contributed by atoms with Gasteiger partial charge >= 0.3 is 5.97 Å². The van der Waals surface area contributed by atoms with Crippen LogP contribution in [-0.4, -0.2) is 55.9 Å². The third-order valence-electron chi connectivity index (χ3n) is 2.88. The van der Waals surface area contributed by atoms with Gasteiger partial charge in [0, 0.05) is 13.1 Å². The number of piperidine rings is 1. The van der Waals surface area contributed by atoms with Crippen molar-refractivity contribution >= 4 is 16.0 Å². The van der Waals surface area contributed by atoms with E-state index in [9.17, 15) is 13.2 Å². The van der Waals surface area contributed by atoms with Crippen LogP contribution in [0.2, 0.25) is 0 Å². The van der Waals surface area contributed by atoms with E-state index in [4.69, 9.17) is 9.84 Å². The van der Waals surface area contributed by atoms with E-state index in [1.54, 1.807) is 0 Å². The first kappa shape index (κ1) is 14.4. The molecule has 17 heavy (non-hydrogen) atoms. The average Bonchev–Trinajstić information content (AvgIpc) is 2.25. The summed E-state index contributed by atoms with van der Waals surface area (Å²) in [6, 6.07) is 0. The van der Waals surface area contributed by atoms with Crippen LogP contribution in [-0.2, 0) is 19.6 Å². The summed E-state index contributed by atoms with van der Waals surface area (Å²) < 4.78 is 29.3. The first-order valence-corrected chi connectivity index (χ1v) is 7.45. The Labute approximate surface area is 102 Å². The van der Waals surface area contributed by atoms with Gasteiger partial charge in [-0.3, -0.25) is 0 Å². The van der Waals surface area contributed by atoms with Gasteiger partial charge in [-0.15, -0.1) is 0 Å². The largest absolute Gasteiger partial charge is 0.479 e. The Balaban J connectivity index is 2.43. The number of hydrogen-bond donors (Lipinski definition) is 1. The van der Waals surface area contributed by atoms with E-state index in [1.807, 2.05) is 0 Å². The van der Waals surface area contributed by atoms with Crippen LogP contribution in [0.3, 0.4) is 0 Å². The van der Waals surface area contributed by atoms with Crippen molar-refractivity contribution in [2.24, 2.45) is 5.92 Å². The average molecular weight is 265 g/mol. The molecule has 6 nitrogen and oxygen atoms in total. The maximum Gasteiger partial charge on any atom is 0.332 e. The molecule has 100 valence electrons. The van der Waals surface area contributed by atoms with E-state index in [0.717, 1.165) is 12.8 Å². The Morgan fingerprint density at radius 2 is 2.24 bits per heavy atom. The number of hydrogen-bond acceptors (Lipinski definition) is 4. The Hall–Kier alpha value is -0.660. The predicted octanol–water partition coefficient (Wildman–Crippen LogP) is 0.148. The standard InChI is InChI=1S/C10H19NO5S/c1-8(10(12)13)16-7-9-4-3-5-11(6-9)17(2,14)15/h8-9H,3-7H2,1-2H3,(H,12,13). The maximum absolute atomic E-state index is 11.4. The Morgan fingerprint density at radius 1 is 1.59 bits per heavy atom. The second kappa shape index (κ2) is 5.79. The molecule has 1 rings (SSSR count).